The minimum absolute atomic E-state index is 0.199. The molecule has 1 unspecified atom stereocenters. The zero-order valence-corrected chi connectivity index (χ0v) is 8.54. The maximum absolute atomic E-state index is 10.7. The number of amides is 1. The number of hydrogen-bond donors (Lipinski definition) is 1. The average Bonchev–Trinajstić information content (AvgIpc) is 2.35. The molecule has 0 spiro atoms. The van der Waals surface area contributed by atoms with E-state index < -0.39 is 0 Å². The summed E-state index contributed by atoms with van der Waals surface area (Å²) in [6.45, 7) is 3.71. The van der Waals surface area contributed by atoms with Crippen molar-refractivity contribution in [1.29, 1.82) is 0 Å². The second-order valence-electron chi connectivity index (χ2n) is 2.42. The highest BCUT2D eigenvalue weighted by atomic mass is 32.2. The lowest BCUT2D eigenvalue weighted by Crippen LogP contribution is -2.22. The van der Waals surface area contributed by atoms with E-state index in [0.29, 0.717) is 0 Å². The van der Waals surface area contributed by atoms with Gasteiger partial charge < -0.3 is 5.73 Å². The Bertz CT molecular complexity index is 285. The number of thiazole rings is 1. The van der Waals surface area contributed by atoms with Gasteiger partial charge in [0, 0.05) is 11.1 Å². The molecular weight excluding hydrogens is 192 g/mol. The number of carbonyl (C=O) groups excluding carboxylic acids is 1. The predicted molar refractivity (Wildman–Crippen MR) is 51.4 cm³/mol. The molecule has 0 bridgehead atoms. The lowest BCUT2D eigenvalue weighted by atomic mass is 10.5. The lowest BCUT2D eigenvalue weighted by Gasteiger charge is -2.01. The number of rotatable bonds is 3. The number of aromatic nitrogens is 1. The van der Waals surface area contributed by atoms with Crippen molar-refractivity contribution in [1.82, 2.24) is 4.98 Å². The van der Waals surface area contributed by atoms with Gasteiger partial charge in [-0.05, 0) is 13.8 Å². The summed E-state index contributed by atoms with van der Waals surface area (Å²) >= 11 is 2.94. The van der Waals surface area contributed by atoms with Gasteiger partial charge in [-0.2, -0.15) is 0 Å². The third kappa shape index (κ3) is 2.49. The molecule has 3 nitrogen and oxygen atoms in total. The van der Waals surface area contributed by atoms with Gasteiger partial charge in [0.15, 0.2) is 4.34 Å². The minimum Gasteiger partial charge on any atom is -0.369 e. The predicted octanol–water partition coefficient (Wildman–Crippen LogP) is 1.42. The Balaban J connectivity index is 2.58. The van der Waals surface area contributed by atoms with E-state index in [2.05, 4.69) is 4.98 Å². The van der Waals surface area contributed by atoms with Gasteiger partial charge in [-0.1, -0.05) is 11.8 Å². The smallest absolute Gasteiger partial charge is 0.230 e. The summed E-state index contributed by atoms with van der Waals surface area (Å²) in [5, 5.41) is 1.76. The number of aryl methyl sites for hydroxylation is 1. The first-order valence-corrected chi connectivity index (χ1v) is 5.23. The Morgan fingerprint density at radius 2 is 2.50 bits per heavy atom. The van der Waals surface area contributed by atoms with E-state index in [1.807, 2.05) is 12.3 Å². The molecule has 1 aromatic rings. The van der Waals surface area contributed by atoms with Crippen molar-refractivity contribution in [3.8, 4) is 0 Å². The maximum Gasteiger partial charge on any atom is 0.230 e. The van der Waals surface area contributed by atoms with Crippen LogP contribution in [0.4, 0.5) is 0 Å². The molecule has 1 aromatic heterocycles. The van der Waals surface area contributed by atoms with Crippen molar-refractivity contribution in [2.75, 3.05) is 0 Å². The molecule has 0 aliphatic carbocycles. The van der Waals surface area contributed by atoms with Gasteiger partial charge in [-0.25, -0.2) is 4.98 Å². The van der Waals surface area contributed by atoms with Crippen LogP contribution < -0.4 is 5.73 Å². The molecule has 0 radical (unpaired) electrons. The molecule has 5 heteroatoms. The molecule has 0 aromatic carbocycles. The second-order valence-corrected chi connectivity index (χ2v) is 4.86. The minimum atomic E-state index is -0.298. The number of thioether (sulfide) groups is 1. The second kappa shape index (κ2) is 3.91. The fourth-order valence-electron chi connectivity index (χ4n) is 0.596. The summed E-state index contributed by atoms with van der Waals surface area (Å²) in [7, 11) is 0. The largest absolute Gasteiger partial charge is 0.369 e. The number of nitrogens with zero attached hydrogens (tertiary/aromatic N) is 1. The normalized spacial score (nSPS) is 12.8. The monoisotopic (exact) mass is 202 g/mol. The molecule has 2 N–H and O–H groups in total. The molecule has 0 saturated heterocycles. The Kier molecular flexibility index (Phi) is 3.11. The van der Waals surface area contributed by atoms with E-state index >= 15 is 0 Å². The first-order chi connectivity index (χ1) is 5.59. The Labute approximate surface area is 79.4 Å². The third-order valence-electron chi connectivity index (χ3n) is 1.28. The van der Waals surface area contributed by atoms with Gasteiger partial charge in [0.2, 0.25) is 5.91 Å². The number of carbonyl (C=O) groups is 1. The van der Waals surface area contributed by atoms with Crippen LogP contribution in [0.2, 0.25) is 0 Å². The maximum atomic E-state index is 10.7. The lowest BCUT2D eigenvalue weighted by molar-refractivity contribution is -0.117. The Morgan fingerprint density at radius 1 is 1.83 bits per heavy atom. The van der Waals surface area contributed by atoms with E-state index in [1.165, 1.54) is 23.1 Å². The summed E-state index contributed by atoms with van der Waals surface area (Å²) in [6.07, 6.45) is 0. The summed E-state index contributed by atoms with van der Waals surface area (Å²) in [4.78, 5) is 14.9. The summed E-state index contributed by atoms with van der Waals surface area (Å²) in [5.41, 5.74) is 6.09. The Morgan fingerprint density at radius 3 is 2.92 bits per heavy atom. The van der Waals surface area contributed by atoms with Crippen LogP contribution in [-0.2, 0) is 4.79 Å². The molecule has 0 aliphatic heterocycles. The van der Waals surface area contributed by atoms with Crippen molar-refractivity contribution < 1.29 is 4.79 Å². The molecule has 0 fully saturated rings. The van der Waals surface area contributed by atoms with E-state index in [0.717, 1.165) is 10.0 Å². The van der Waals surface area contributed by atoms with Gasteiger partial charge in [-0.15, -0.1) is 11.3 Å². The van der Waals surface area contributed by atoms with Crippen LogP contribution in [0.15, 0.2) is 9.72 Å². The van der Waals surface area contributed by atoms with Crippen LogP contribution in [0.25, 0.3) is 0 Å². The van der Waals surface area contributed by atoms with Gasteiger partial charge in [0.25, 0.3) is 0 Å². The molecular formula is C7H10N2OS2. The van der Waals surface area contributed by atoms with Crippen LogP contribution in [0.5, 0.6) is 0 Å². The van der Waals surface area contributed by atoms with Crippen LogP contribution in [0.1, 0.15) is 12.6 Å². The van der Waals surface area contributed by atoms with Gasteiger partial charge in [0.1, 0.15) is 0 Å². The molecule has 0 saturated carbocycles. The molecule has 12 heavy (non-hydrogen) atoms. The molecule has 1 rings (SSSR count). The van der Waals surface area contributed by atoms with Crippen LogP contribution in [0, 0.1) is 6.92 Å². The van der Waals surface area contributed by atoms with Crippen molar-refractivity contribution >= 4 is 29.0 Å². The number of primary amides is 1. The van der Waals surface area contributed by atoms with Crippen LogP contribution in [-0.4, -0.2) is 16.1 Å². The first kappa shape index (κ1) is 9.54. The van der Waals surface area contributed by atoms with E-state index in [1.54, 1.807) is 6.92 Å². The standard InChI is InChI=1S/C7H10N2OS2/c1-4-3-11-7(9-4)12-5(2)6(8)10/h3,5H,1-2H3,(H2,8,10). The highest BCUT2D eigenvalue weighted by Gasteiger charge is 2.11. The van der Waals surface area contributed by atoms with Crippen molar-refractivity contribution in [2.45, 2.75) is 23.4 Å². The van der Waals surface area contributed by atoms with E-state index in [-0.39, 0.29) is 11.2 Å². The summed E-state index contributed by atoms with van der Waals surface area (Å²) < 4.78 is 0.902. The van der Waals surface area contributed by atoms with E-state index in [4.69, 9.17) is 5.73 Å². The molecule has 1 atom stereocenters. The zero-order valence-electron chi connectivity index (χ0n) is 6.90. The third-order valence-corrected chi connectivity index (χ3v) is 3.48. The summed E-state index contributed by atoms with van der Waals surface area (Å²) in [6, 6.07) is 0. The number of nitrogens with two attached hydrogens (primary N) is 1. The first-order valence-electron chi connectivity index (χ1n) is 3.47. The summed E-state index contributed by atoms with van der Waals surface area (Å²) in [5.74, 6) is -0.298. The van der Waals surface area contributed by atoms with Crippen LogP contribution >= 0.6 is 23.1 Å². The van der Waals surface area contributed by atoms with Gasteiger partial charge in [-0.3, -0.25) is 4.79 Å². The van der Waals surface area contributed by atoms with Crippen molar-refractivity contribution in [3.63, 3.8) is 0 Å². The Hall–Kier alpha value is -0.550. The fraction of sp³-hybridized carbons (Fsp3) is 0.429. The molecule has 1 heterocycles. The van der Waals surface area contributed by atoms with Gasteiger partial charge >= 0.3 is 0 Å². The van der Waals surface area contributed by atoms with Crippen LogP contribution in [0.3, 0.4) is 0 Å². The van der Waals surface area contributed by atoms with Crippen molar-refractivity contribution in [2.24, 2.45) is 5.73 Å². The molecule has 1 amide bonds. The average molecular weight is 202 g/mol. The van der Waals surface area contributed by atoms with E-state index in [9.17, 15) is 4.79 Å². The van der Waals surface area contributed by atoms with Crippen molar-refractivity contribution in [3.05, 3.63) is 11.1 Å². The topological polar surface area (TPSA) is 56.0 Å². The quantitative estimate of drug-likeness (QED) is 0.754. The number of hydrogen-bond acceptors (Lipinski definition) is 4. The zero-order chi connectivity index (χ0) is 9.14. The highest BCUT2D eigenvalue weighted by Crippen LogP contribution is 2.25. The van der Waals surface area contributed by atoms with Gasteiger partial charge in [0.05, 0.1) is 5.25 Å². The SMILES string of the molecule is Cc1csc(SC(C)C(N)=O)n1. The highest BCUT2D eigenvalue weighted by molar-refractivity contribution is 8.02. The molecule has 66 valence electrons. The molecule has 0 aliphatic rings. The fourth-order valence-corrected chi connectivity index (χ4v) is 2.53.